The molecule has 0 spiro atoms. The molecule has 0 amide bonds. The van der Waals surface area contributed by atoms with E-state index in [1.165, 1.54) is 0 Å². The van der Waals surface area contributed by atoms with Crippen LogP contribution >= 0.6 is 23.2 Å². The fraction of sp³-hybridized carbons (Fsp3) is 0.417. The predicted octanol–water partition coefficient (Wildman–Crippen LogP) is 3.89. The summed E-state index contributed by atoms with van der Waals surface area (Å²) in [7, 11) is 0. The maximum atomic E-state index is 11.2. The zero-order valence-electron chi connectivity index (χ0n) is 8.67. The topological polar surface area (TPSA) is 37.3 Å². The summed E-state index contributed by atoms with van der Waals surface area (Å²) in [5.74, 6) is -1.21. The molecule has 0 radical (unpaired) electrons. The van der Waals surface area contributed by atoms with E-state index < -0.39 is 11.9 Å². The Bertz CT molecular complexity index is 429. The van der Waals surface area contributed by atoms with Crippen molar-refractivity contribution < 1.29 is 9.90 Å². The summed E-state index contributed by atoms with van der Waals surface area (Å²) in [4.78, 5) is 11.2. The van der Waals surface area contributed by atoms with Crippen molar-refractivity contribution in [2.45, 2.75) is 31.6 Å². The average molecular weight is 259 g/mol. The van der Waals surface area contributed by atoms with Crippen LogP contribution in [-0.2, 0) is 11.2 Å². The molecule has 1 aromatic carbocycles. The molecule has 2 nitrogen and oxygen atoms in total. The first-order chi connectivity index (χ1) is 7.61. The summed E-state index contributed by atoms with van der Waals surface area (Å²) >= 11 is 12.1. The molecule has 2 rings (SSSR count). The van der Waals surface area contributed by atoms with Gasteiger partial charge in [-0.3, -0.25) is 4.79 Å². The summed E-state index contributed by atoms with van der Waals surface area (Å²) in [5.41, 5.74) is 1.75. The Kier molecular flexibility index (Phi) is 3.41. The number of rotatable bonds is 1. The number of carboxylic acid groups (broad SMARTS) is 1. The largest absolute Gasteiger partial charge is 0.481 e. The number of hydrogen-bond acceptors (Lipinski definition) is 1. The quantitative estimate of drug-likeness (QED) is 0.777. The van der Waals surface area contributed by atoms with Crippen LogP contribution < -0.4 is 0 Å². The summed E-state index contributed by atoms with van der Waals surface area (Å²) in [6.07, 6.45) is 3.38. The number of carboxylic acids is 1. The predicted molar refractivity (Wildman–Crippen MR) is 64.4 cm³/mol. The van der Waals surface area contributed by atoms with Gasteiger partial charge in [-0.15, -0.1) is 0 Å². The minimum atomic E-state index is -0.776. The third kappa shape index (κ3) is 2.04. The zero-order chi connectivity index (χ0) is 11.7. The third-order valence-electron chi connectivity index (χ3n) is 3.08. The van der Waals surface area contributed by atoms with Gasteiger partial charge in [0, 0.05) is 0 Å². The van der Waals surface area contributed by atoms with Crippen molar-refractivity contribution in [2.75, 3.05) is 0 Å². The summed E-state index contributed by atoms with van der Waals surface area (Å²) in [6.45, 7) is 0. The molecule has 0 aliphatic heterocycles. The zero-order valence-corrected chi connectivity index (χ0v) is 10.2. The Morgan fingerprint density at radius 1 is 1.31 bits per heavy atom. The fourth-order valence-corrected chi connectivity index (χ4v) is 2.69. The van der Waals surface area contributed by atoms with Crippen molar-refractivity contribution in [2.24, 2.45) is 0 Å². The van der Waals surface area contributed by atoms with Gasteiger partial charge in [0.05, 0.1) is 16.0 Å². The maximum absolute atomic E-state index is 11.2. The van der Waals surface area contributed by atoms with Gasteiger partial charge >= 0.3 is 5.97 Å². The molecule has 0 aromatic heterocycles. The lowest BCUT2D eigenvalue weighted by Crippen LogP contribution is -2.12. The average Bonchev–Trinajstić information content (AvgIpc) is 2.46. The molecular weight excluding hydrogens is 247 g/mol. The van der Waals surface area contributed by atoms with Crippen molar-refractivity contribution in [1.82, 2.24) is 0 Å². The van der Waals surface area contributed by atoms with Gasteiger partial charge in [-0.05, 0) is 36.5 Å². The number of fused-ring (bicyclic) bond motifs is 1. The van der Waals surface area contributed by atoms with Crippen LogP contribution in [0.3, 0.4) is 0 Å². The molecule has 1 unspecified atom stereocenters. The summed E-state index contributed by atoms with van der Waals surface area (Å²) in [6, 6.07) is 3.48. The van der Waals surface area contributed by atoms with E-state index in [2.05, 4.69) is 0 Å². The third-order valence-corrected chi connectivity index (χ3v) is 3.92. The Hall–Kier alpha value is -0.730. The number of hydrogen-bond donors (Lipinski definition) is 1. The lowest BCUT2D eigenvalue weighted by Gasteiger charge is -2.14. The highest BCUT2D eigenvalue weighted by molar-refractivity contribution is 6.42. The minimum Gasteiger partial charge on any atom is -0.481 e. The highest BCUT2D eigenvalue weighted by atomic mass is 35.5. The Morgan fingerprint density at radius 2 is 2.06 bits per heavy atom. The van der Waals surface area contributed by atoms with Crippen molar-refractivity contribution in [3.05, 3.63) is 33.3 Å². The Labute approximate surface area is 104 Å². The van der Waals surface area contributed by atoms with E-state index >= 15 is 0 Å². The molecule has 86 valence electrons. The van der Waals surface area contributed by atoms with E-state index in [1.807, 2.05) is 0 Å². The minimum absolute atomic E-state index is 0.438. The van der Waals surface area contributed by atoms with Gasteiger partial charge in [-0.2, -0.15) is 0 Å². The molecule has 1 atom stereocenters. The van der Waals surface area contributed by atoms with Crippen LogP contribution in [0.1, 0.15) is 36.3 Å². The van der Waals surface area contributed by atoms with Crippen LogP contribution in [0.25, 0.3) is 0 Å². The van der Waals surface area contributed by atoms with E-state index in [0.29, 0.717) is 16.5 Å². The second kappa shape index (κ2) is 4.64. The first kappa shape index (κ1) is 11.7. The van der Waals surface area contributed by atoms with Crippen LogP contribution in [0.2, 0.25) is 10.0 Å². The van der Waals surface area contributed by atoms with Gasteiger partial charge in [0.25, 0.3) is 0 Å². The van der Waals surface area contributed by atoms with E-state index in [-0.39, 0.29) is 0 Å². The van der Waals surface area contributed by atoms with Crippen LogP contribution in [0.5, 0.6) is 0 Å². The number of halogens is 2. The summed E-state index contributed by atoms with van der Waals surface area (Å²) in [5, 5.41) is 10.2. The summed E-state index contributed by atoms with van der Waals surface area (Å²) < 4.78 is 0. The monoisotopic (exact) mass is 258 g/mol. The number of aliphatic carboxylic acids is 1. The van der Waals surface area contributed by atoms with Crippen LogP contribution in [-0.4, -0.2) is 11.1 Å². The van der Waals surface area contributed by atoms with Gasteiger partial charge in [-0.1, -0.05) is 35.7 Å². The molecule has 0 saturated heterocycles. The number of carbonyl (C=O) groups is 1. The molecule has 0 saturated carbocycles. The van der Waals surface area contributed by atoms with Crippen LogP contribution in [0.15, 0.2) is 12.1 Å². The first-order valence-corrected chi connectivity index (χ1v) is 6.06. The smallest absolute Gasteiger partial charge is 0.310 e. The normalized spacial score (nSPS) is 20.0. The standard InChI is InChI=1S/C12H12Cl2O2/c13-10-6-5-7-8(11(10)14)3-1-2-4-9(7)12(15)16/h5-6,9H,1-4H2,(H,15,16). The SMILES string of the molecule is O=C(O)C1CCCCc2c1ccc(Cl)c2Cl. The van der Waals surface area contributed by atoms with Gasteiger partial charge < -0.3 is 5.11 Å². The highest BCUT2D eigenvalue weighted by Crippen LogP contribution is 2.37. The molecule has 0 bridgehead atoms. The molecule has 0 fully saturated rings. The molecule has 1 aromatic rings. The van der Waals surface area contributed by atoms with Crippen molar-refractivity contribution >= 4 is 29.2 Å². The molecule has 1 aliphatic carbocycles. The van der Waals surface area contributed by atoms with Crippen LogP contribution in [0.4, 0.5) is 0 Å². The number of benzene rings is 1. The Balaban J connectivity index is 2.54. The second-order valence-electron chi connectivity index (χ2n) is 4.07. The molecule has 0 heterocycles. The van der Waals surface area contributed by atoms with Crippen molar-refractivity contribution in [3.63, 3.8) is 0 Å². The van der Waals surface area contributed by atoms with Gasteiger partial charge in [0.2, 0.25) is 0 Å². The van der Waals surface area contributed by atoms with E-state index in [4.69, 9.17) is 23.2 Å². The van der Waals surface area contributed by atoms with Gasteiger partial charge in [0.1, 0.15) is 0 Å². The molecule has 1 aliphatic rings. The molecular formula is C12H12Cl2O2. The first-order valence-electron chi connectivity index (χ1n) is 5.31. The molecule has 1 N–H and O–H groups in total. The van der Waals surface area contributed by atoms with Crippen molar-refractivity contribution in [1.29, 1.82) is 0 Å². The van der Waals surface area contributed by atoms with Crippen molar-refractivity contribution in [3.8, 4) is 0 Å². The fourth-order valence-electron chi connectivity index (χ4n) is 2.25. The van der Waals surface area contributed by atoms with Crippen LogP contribution in [0, 0.1) is 0 Å². The van der Waals surface area contributed by atoms with E-state index in [1.54, 1.807) is 12.1 Å². The van der Waals surface area contributed by atoms with E-state index in [0.717, 1.165) is 30.4 Å². The van der Waals surface area contributed by atoms with Gasteiger partial charge in [0.15, 0.2) is 0 Å². The Morgan fingerprint density at radius 3 is 2.75 bits per heavy atom. The second-order valence-corrected chi connectivity index (χ2v) is 4.85. The maximum Gasteiger partial charge on any atom is 0.310 e. The van der Waals surface area contributed by atoms with Gasteiger partial charge in [-0.25, -0.2) is 0 Å². The highest BCUT2D eigenvalue weighted by Gasteiger charge is 2.26. The lowest BCUT2D eigenvalue weighted by atomic mass is 9.93. The molecule has 16 heavy (non-hydrogen) atoms. The van der Waals surface area contributed by atoms with E-state index in [9.17, 15) is 9.90 Å². The molecule has 4 heteroatoms. The lowest BCUT2D eigenvalue weighted by molar-refractivity contribution is -0.139.